The van der Waals surface area contributed by atoms with Crippen LogP contribution < -0.4 is 11.2 Å². The number of carboxylic acids is 1. The number of amides is 2. The van der Waals surface area contributed by atoms with E-state index in [1.54, 1.807) is 6.92 Å². The van der Waals surface area contributed by atoms with Crippen molar-refractivity contribution < 1.29 is 14.7 Å². The number of aliphatic carboxylic acids is 1. The molecule has 0 bridgehead atoms. The number of rotatable bonds is 7. The maximum atomic E-state index is 10.7. The van der Waals surface area contributed by atoms with Crippen LogP contribution in [0.25, 0.3) is 0 Å². The number of carbonyl (C=O) groups excluding carboxylic acids is 1. The molecule has 98 valence electrons. The summed E-state index contributed by atoms with van der Waals surface area (Å²) >= 11 is 0. The summed E-state index contributed by atoms with van der Waals surface area (Å²) in [7, 11) is 0. The van der Waals surface area contributed by atoms with Crippen molar-refractivity contribution in [1.29, 1.82) is 0 Å². The quantitative estimate of drug-likeness (QED) is 0.466. The Kier molecular flexibility index (Phi) is 6.93. The normalized spacial score (nSPS) is 13.5. The second-order valence-corrected chi connectivity index (χ2v) is 4.46. The minimum Gasteiger partial charge on any atom is -0.481 e. The SMILES string of the molecule is C/C(CC[C@@H](CC(=O)O)C(C)C)=N/NC(N)=O. The average Bonchev–Trinajstić information content (AvgIpc) is 2.20. The Morgan fingerprint density at radius 2 is 2.00 bits per heavy atom. The molecule has 6 nitrogen and oxygen atoms in total. The fourth-order valence-corrected chi connectivity index (χ4v) is 1.50. The molecule has 0 saturated heterocycles. The van der Waals surface area contributed by atoms with Crippen LogP contribution in [0.1, 0.15) is 40.0 Å². The average molecular weight is 243 g/mol. The number of carboxylic acid groups (broad SMARTS) is 1. The molecule has 2 amide bonds. The van der Waals surface area contributed by atoms with Gasteiger partial charge < -0.3 is 10.8 Å². The number of urea groups is 1. The minimum atomic E-state index is -0.784. The van der Waals surface area contributed by atoms with Gasteiger partial charge in [0.25, 0.3) is 0 Å². The molecule has 0 aliphatic rings. The number of carbonyl (C=O) groups is 2. The van der Waals surface area contributed by atoms with Gasteiger partial charge in [0.05, 0.1) is 0 Å². The summed E-state index contributed by atoms with van der Waals surface area (Å²) in [5.41, 5.74) is 7.76. The maximum absolute atomic E-state index is 10.7. The molecule has 0 saturated carbocycles. The lowest BCUT2D eigenvalue weighted by Gasteiger charge is -2.18. The Balaban J connectivity index is 4.16. The molecule has 0 aromatic carbocycles. The lowest BCUT2D eigenvalue weighted by Crippen LogP contribution is -2.25. The predicted octanol–water partition coefficient (Wildman–Crippen LogP) is 1.56. The highest BCUT2D eigenvalue weighted by atomic mass is 16.4. The second-order valence-electron chi connectivity index (χ2n) is 4.46. The van der Waals surface area contributed by atoms with Crippen LogP contribution in [0, 0.1) is 11.8 Å². The number of nitrogens with zero attached hydrogens (tertiary/aromatic N) is 1. The molecule has 0 rings (SSSR count). The molecule has 0 aliphatic carbocycles. The third kappa shape index (κ3) is 8.24. The largest absolute Gasteiger partial charge is 0.481 e. The number of primary amides is 1. The minimum absolute atomic E-state index is 0.117. The van der Waals surface area contributed by atoms with Crippen molar-refractivity contribution in [2.24, 2.45) is 22.7 Å². The van der Waals surface area contributed by atoms with Gasteiger partial charge >= 0.3 is 12.0 Å². The van der Waals surface area contributed by atoms with E-state index in [4.69, 9.17) is 10.8 Å². The van der Waals surface area contributed by atoms with E-state index in [0.29, 0.717) is 12.3 Å². The van der Waals surface area contributed by atoms with Gasteiger partial charge in [-0.05, 0) is 31.6 Å². The molecule has 0 unspecified atom stereocenters. The van der Waals surface area contributed by atoms with Crippen LogP contribution in [-0.2, 0) is 4.79 Å². The summed E-state index contributed by atoms with van der Waals surface area (Å²) < 4.78 is 0. The first-order chi connectivity index (χ1) is 7.82. The van der Waals surface area contributed by atoms with Crippen molar-refractivity contribution in [3.8, 4) is 0 Å². The fraction of sp³-hybridized carbons (Fsp3) is 0.727. The number of nitrogens with one attached hydrogen (secondary N) is 1. The summed E-state index contributed by atoms with van der Waals surface area (Å²) in [6.45, 7) is 5.78. The topological polar surface area (TPSA) is 105 Å². The molecule has 0 heterocycles. The standard InChI is InChI=1S/C11H21N3O3/c1-7(2)9(6-10(15)16)5-4-8(3)13-14-11(12)17/h7,9H,4-6H2,1-3H3,(H,15,16)(H3,12,14,17)/b13-8-/t9-/m0/s1. The highest BCUT2D eigenvalue weighted by Gasteiger charge is 2.17. The Bertz CT molecular complexity index is 300. The molecule has 0 spiro atoms. The van der Waals surface area contributed by atoms with Crippen molar-refractivity contribution in [2.75, 3.05) is 0 Å². The first-order valence-electron chi connectivity index (χ1n) is 5.63. The van der Waals surface area contributed by atoms with Gasteiger partial charge in [0.2, 0.25) is 0 Å². The van der Waals surface area contributed by atoms with E-state index in [2.05, 4.69) is 10.5 Å². The fourth-order valence-electron chi connectivity index (χ4n) is 1.50. The van der Waals surface area contributed by atoms with E-state index in [-0.39, 0.29) is 12.3 Å². The zero-order valence-electron chi connectivity index (χ0n) is 10.6. The monoisotopic (exact) mass is 243 g/mol. The number of hydrazone groups is 1. The third-order valence-electron chi connectivity index (χ3n) is 2.61. The molecular formula is C11H21N3O3. The summed E-state index contributed by atoms with van der Waals surface area (Å²) in [5, 5.41) is 12.5. The Hall–Kier alpha value is -1.59. The van der Waals surface area contributed by atoms with Crippen LogP contribution in [0.2, 0.25) is 0 Å². The lowest BCUT2D eigenvalue weighted by molar-refractivity contribution is -0.138. The highest BCUT2D eigenvalue weighted by Crippen LogP contribution is 2.21. The van der Waals surface area contributed by atoms with Gasteiger partial charge in [0.15, 0.2) is 0 Å². The van der Waals surface area contributed by atoms with Crippen LogP contribution in [0.15, 0.2) is 5.10 Å². The van der Waals surface area contributed by atoms with E-state index < -0.39 is 12.0 Å². The van der Waals surface area contributed by atoms with E-state index in [1.807, 2.05) is 13.8 Å². The highest BCUT2D eigenvalue weighted by molar-refractivity contribution is 5.83. The van der Waals surface area contributed by atoms with E-state index in [0.717, 1.165) is 12.1 Å². The Labute approximate surface area is 101 Å². The molecule has 0 aromatic heterocycles. The summed E-state index contributed by atoms with van der Waals surface area (Å²) in [5.74, 6) is -0.359. The maximum Gasteiger partial charge on any atom is 0.332 e. The molecule has 0 aliphatic heterocycles. The number of hydrogen-bond acceptors (Lipinski definition) is 3. The zero-order chi connectivity index (χ0) is 13.4. The Morgan fingerprint density at radius 1 is 1.41 bits per heavy atom. The Morgan fingerprint density at radius 3 is 2.41 bits per heavy atom. The molecule has 0 fully saturated rings. The number of hydrogen-bond donors (Lipinski definition) is 3. The van der Waals surface area contributed by atoms with E-state index in [1.165, 1.54) is 0 Å². The van der Waals surface area contributed by atoms with Crippen LogP contribution >= 0.6 is 0 Å². The zero-order valence-corrected chi connectivity index (χ0v) is 10.6. The van der Waals surface area contributed by atoms with Gasteiger partial charge in [-0.2, -0.15) is 5.10 Å². The first kappa shape index (κ1) is 15.4. The van der Waals surface area contributed by atoms with Crippen molar-refractivity contribution in [3.63, 3.8) is 0 Å². The molecule has 17 heavy (non-hydrogen) atoms. The first-order valence-corrected chi connectivity index (χ1v) is 5.63. The smallest absolute Gasteiger partial charge is 0.332 e. The van der Waals surface area contributed by atoms with E-state index >= 15 is 0 Å². The molecular weight excluding hydrogens is 222 g/mol. The van der Waals surface area contributed by atoms with Crippen molar-refractivity contribution in [3.05, 3.63) is 0 Å². The molecule has 6 heteroatoms. The summed E-state index contributed by atoms with van der Waals surface area (Å²) in [6.07, 6.45) is 1.55. The van der Waals surface area contributed by atoms with Gasteiger partial charge in [-0.15, -0.1) is 0 Å². The van der Waals surface area contributed by atoms with Crippen LogP contribution in [0.3, 0.4) is 0 Å². The summed E-state index contributed by atoms with van der Waals surface area (Å²) in [4.78, 5) is 21.1. The van der Waals surface area contributed by atoms with Crippen molar-refractivity contribution in [2.45, 2.75) is 40.0 Å². The number of nitrogens with two attached hydrogens (primary N) is 1. The summed E-state index contributed by atoms with van der Waals surface area (Å²) in [6, 6.07) is -0.699. The third-order valence-corrected chi connectivity index (χ3v) is 2.61. The van der Waals surface area contributed by atoms with Gasteiger partial charge in [0.1, 0.15) is 0 Å². The van der Waals surface area contributed by atoms with Crippen molar-refractivity contribution in [1.82, 2.24) is 5.43 Å². The second kappa shape index (κ2) is 7.65. The molecule has 1 atom stereocenters. The van der Waals surface area contributed by atoms with Crippen LogP contribution in [-0.4, -0.2) is 22.8 Å². The van der Waals surface area contributed by atoms with Crippen LogP contribution in [0.5, 0.6) is 0 Å². The van der Waals surface area contributed by atoms with Crippen LogP contribution in [0.4, 0.5) is 4.79 Å². The molecule has 0 aromatic rings. The van der Waals surface area contributed by atoms with E-state index in [9.17, 15) is 9.59 Å². The predicted molar refractivity (Wildman–Crippen MR) is 65.6 cm³/mol. The lowest BCUT2D eigenvalue weighted by atomic mass is 9.88. The molecule has 4 N–H and O–H groups in total. The van der Waals surface area contributed by atoms with Gasteiger partial charge in [-0.25, -0.2) is 10.2 Å². The van der Waals surface area contributed by atoms with Gasteiger partial charge in [-0.3, -0.25) is 4.79 Å². The van der Waals surface area contributed by atoms with Gasteiger partial charge in [-0.1, -0.05) is 13.8 Å². The van der Waals surface area contributed by atoms with Gasteiger partial charge in [0, 0.05) is 12.1 Å². The molecule has 0 radical (unpaired) electrons. The van der Waals surface area contributed by atoms with Crippen molar-refractivity contribution >= 4 is 17.7 Å².